The number of rotatable bonds is 6. The number of nitrogens with one attached hydrogen (secondary N) is 1. The van der Waals surface area contributed by atoms with Crippen molar-refractivity contribution in [2.45, 2.75) is 61.6 Å². The third-order valence-electron chi connectivity index (χ3n) is 6.47. The topological polar surface area (TPSA) is 116 Å². The minimum atomic E-state index is -5.08. The Morgan fingerprint density at radius 1 is 1.24 bits per heavy atom. The number of hydrogen-bond acceptors (Lipinski definition) is 7. The molecule has 0 unspecified atom stereocenters. The van der Waals surface area contributed by atoms with E-state index in [1.54, 1.807) is 17.8 Å². The molecule has 8 nitrogen and oxygen atoms in total. The number of fused-ring (bicyclic) bond motifs is 1. The van der Waals surface area contributed by atoms with E-state index in [1.165, 1.54) is 6.07 Å². The van der Waals surface area contributed by atoms with Crippen molar-refractivity contribution in [1.82, 2.24) is 14.9 Å². The number of carboxylic acid groups (broad SMARTS) is 1. The minimum Gasteiger partial charge on any atom is -0.493 e. The Bertz CT molecular complexity index is 1160. The molecule has 0 radical (unpaired) electrons. The highest BCUT2D eigenvalue weighted by atomic mass is 32.2. The van der Waals surface area contributed by atoms with Crippen LogP contribution in [0.5, 0.6) is 5.75 Å². The molecule has 0 spiro atoms. The Balaban J connectivity index is 0.000000505. The fourth-order valence-corrected chi connectivity index (χ4v) is 5.44. The number of aliphatic hydroxyl groups excluding tert-OH is 1. The summed E-state index contributed by atoms with van der Waals surface area (Å²) in [5.74, 6) is -2.42. The highest BCUT2D eigenvalue weighted by Crippen LogP contribution is 2.30. The van der Waals surface area contributed by atoms with Crippen LogP contribution in [0.25, 0.3) is 10.9 Å². The van der Waals surface area contributed by atoms with Crippen LogP contribution < -0.4 is 10.3 Å². The maximum absolute atomic E-state index is 14.6. The lowest BCUT2D eigenvalue weighted by Gasteiger charge is -2.32. The van der Waals surface area contributed by atoms with Crippen LogP contribution in [0, 0.1) is 11.7 Å². The molecule has 1 saturated heterocycles. The van der Waals surface area contributed by atoms with Crippen LogP contribution >= 0.6 is 11.8 Å². The number of aromatic nitrogens is 2. The summed E-state index contributed by atoms with van der Waals surface area (Å²) in [4.78, 5) is 30.4. The number of hydrogen-bond donors (Lipinski definition) is 3. The van der Waals surface area contributed by atoms with E-state index in [0.717, 1.165) is 32.2 Å². The van der Waals surface area contributed by atoms with Gasteiger partial charge >= 0.3 is 12.1 Å². The molecule has 212 valence electrons. The van der Waals surface area contributed by atoms with E-state index in [2.05, 4.69) is 9.97 Å². The number of benzene rings is 1. The molecule has 1 aromatic heterocycles. The van der Waals surface area contributed by atoms with E-state index in [9.17, 15) is 31.9 Å². The summed E-state index contributed by atoms with van der Waals surface area (Å²) in [5, 5.41) is 17.1. The molecule has 4 rings (SSSR count). The summed E-state index contributed by atoms with van der Waals surface area (Å²) in [6.45, 7) is 1.34. The highest BCUT2D eigenvalue weighted by molar-refractivity contribution is 7.99. The lowest BCUT2D eigenvalue weighted by atomic mass is 9.96. The Morgan fingerprint density at radius 3 is 2.50 bits per heavy atom. The fourth-order valence-electron chi connectivity index (χ4n) is 4.30. The molecule has 2 heterocycles. The first-order valence-corrected chi connectivity index (χ1v) is 13.2. The molecule has 2 atom stereocenters. The highest BCUT2D eigenvalue weighted by Gasteiger charge is 2.38. The molecule has 2 fully saturated rings. The van der Waals surface area contributed by atoms with Crippen molar-refractivity contribution in [3.8, 4) is 5.75 Å². The fraction of sp³-hybridized carbons (Fsp3) is 0.625. The van der Waals surface area contributed by atoms with Gasteiger partial charge in [0.1, 0.15) is 28.9 Å². The second-order valence-corrected chi connectivity index (χ2v) is 10.8. The predicted octanol–water partition coefficient (Wildman–Crippen LogP) is 3.90. The van der Waals surface area contributed by atoms with Gasteiger partial charge in [-0.1, -0.05) is 0 Å². The molecule has 2 aliphatic rings. The zero-order valence-corrected chi connectivity index (χ0v) is 21.5. The van der Waals surface area contributed by atoms with Crippen molar-refractivity contribution in [3.05, 3.63) is 34.1 Å². The minimum absolute atomic E-state index is 0.0930. The van der Waals surface area contributed by atoms with Gasteiger partial charge in [-0.05, 0) is 45.7 Å². The van der Waals surface area contributed by atoms with Gasteiger partial charge in [0.05, 0.1) is 24.0 Å². The first kappa shape index (κ1) is 30.1. The van der Waals surface area contributed by atoms with E-state index < -0.39 is 29.7 Å². The third-order valence-corrected chi connectivity index (χ3v) is 7.85. The number of halogens is 5. The SMILES string of the molecule is CN1CC[C@@H](COc2cc(F)c3c(=O)[nH]c(CSC4CCC(O)CC4)nc3c2)[C@H](F)C1.O=C(O)C(F)(F)F. The smallest absolute Gasteiger partial charge is 0.490 e. The molecule has 1 saturated carbocycles. The average Bonchev–Trinajstić information content (AvgIpc) is 2.82. The normalized spacial score (nSPS) is 24.5. The first-order chi connectivity index (χ1) is 17.8. The molecular formula is C24H30F5N3O5S. The zero-order valence-electron chi connectivity index (χ0n) is 20.6. The third kappa shape index (κ3) is 8.53. The number of carboxylic acids is 1. The van der Waals surface area contributed by atoms with E-state index in [-0.39, 0.29) is 35.3 Å². The molecule has 1 aliphatic heterocycles. The molecule has 3 N–H and O–H groups in total. The van der Waals surface area contributed by atoms with Crippen LogP contribution in [0.2, 0.25) is 0 Å². The maximum atomic E-state index is 14.6. The molecule has 1 aromatic carbocycles. The van der Waals surface area contributed by atoms with Crippen molar-refractivity contribution >= 4 is 28.6 Å². The number of aromatic amines is 1. The summed E-state index contributed by atoms with van der Waals surface area (Å²) >= 11 is 1.69. The summed E-state index contributed by atoms with van der Waals surface area (Å²) in [5.41, 5.74) is -0.267. The van der Waals surface area contributed by atoms with E-state index in [0.29, 0.717) is 29.8 Å². The summed E-state index contributed by atoms with van der Waals surface area (Å²) in [6.07, 6.45) is -2.13. The van der Waals surface area contributed by atoms with Gasteiger partial charge in [0, 0.05) is 29.8 Å². The van der Waals surface area contributed by atoms with Gasteiger partial charge in [-0.2, -0.15) is 24.9 Å². The summed E-state index contributed by atoms with van der Waals surface area (Å²) in [7, 11) is 1.89. The average molecular weight is 568 g/mol. The van der Waals surface area contributed by atoms with E-state index in [4.69, 9.17) is 14.6 Å². The van der Waals surface area contributed by atoms with Crippen LogP contribution in [0.3, 0.4) is 0 Å². The predicted molar refractivity (Wildman–Crippen MR) is 132 cm³/mol. The molecule has 2 aromatic rings. The van der Waals surface area contributed by atoms with E-state index in [1.807, 2.05) is 11.9 Å². The van der Waals surface area contributed by atoms with E-state index >= 15 is 0 Å². The lowest BCUT2D eigenvalue weighted by molar-refractivity contribution is -0.192. The van der Waals surface area contributed by atoms with Gasteiger partial charge in [-0.25, -0.2) is 18.6 Å². The van der Waals surface area contributed by atoms with Crippen molar-refractivity contribution in [3.63, 3.8) is 0 Å². The Labute approximate surface area is 219 Å². The van der Waals surface area contributed by atoms with Gasteiger partial charge < -0.3 is 24.8 Å². The van der Waals surface area contributed by atoms with Crippen molar-refractivity contribution in [2.24, 2.45) is 5.92 Å². The second kappa shape index (κ2) is 13.1. The number of H-pyrrole nitrogens is 1. The number of aliphatic carboxylic acids is 1. The lowest BCUT2D eigenvalue weighted by Crippen LogP contribution is -2.41. The van der Waals surface area contributed by atoms with Gasteiger partial charge in [0.2, 0.25) is 0 Å². The van der Waals surface area contributed by atoms with Crippen LogP contribution in [-0.2, 0) is 10.5 Å². The Kier molecular flexibility index (Phi) is 10.4. The van der Waals surface area contributed by atoms with Gasteiger partial charge in [-0.3, -0.25) is 4.79 Å². The Hall–Kier alpha value is -2.45. The number of ether oxygens (including phenoxy) is 1. The standard InChI is InChI=1S/C22H29F2N3O3S.C2HF3O2/c1-27-7-6-13(18(24)10-27)11-30-15-8-17(23)21-19(9-15)25-20(26-22(21)29)12-31-16-4-2-14(28)3-5-16;3-2(4,5)1(6)7/h8-9,13-14,16,18,28H,2-7,10-12H2,1H3,(H,25,26,29);(H,6,7)/t13-,14?,16?,18+;/m0./s1. The number of likely N-dealkylation sites (tertiary alicyclic amines) is 1. The number of nitrogens with zero attached hydrogens (tertiary/aromatic N) is 2. The van der Waals surface area contributed by atoms with Crippen LogP contribution in [0.1, 0.15) is 37.9 Å². The maximum Gasteiger partial charge on any atom is 0.490 e. The van der Waals surface area contributed by atoms with Crippen LogP contribution in [-0.4, -0.2) is 81.5 Å². The zero-order chi connectivity index (χ0) is 28.0. The largest absolute Gasteiger partial charge is 0.493 e. The van der Waals surface area contributed by atoms with Gasteiger partial charge in [0.15, 0.2) is 0 Å². The van der Waals surface area contributed by atoms with Crippen molar-refractivity contribution in [1.29, 1.82) is 0 Å². The molecule has 0 bridgehead atoms. The quantitative estimate of drug-likeness (QED) is 0.451. The first-order valence-electron chi connectivity index (χ1n) is 12.1. The Morgan fingerprint density at radius 2 is 1.89 bits per heavy atom. The second-order valence-electron chi connectivity index (χ2n) is 9.49. The molecule has 38 heavy (non-hydrogen) atoms. The van der Waals surface area contributed by atoms with Crippen molar-refractivity contribution in [2.75, 3.05) is 26.7 Å². The summed E-state index contributed by atoms with van der Waals surface area (Å²) in [6, 6.07) is 2.73. The molecule has 14 heteroatoms. The number of piperidine rings is 1. The molecular weight excluding hydrogens is 537 g/mol. The molecule has 0 amide bonds. The van der Waals surface area contributed by atoms with Gasteiger partial charge in [-0.15, -0.1) is 0 Å². The van der Waals surface area contributed by atoms with Crippen LogP contribution in [0.15, 0.2) is 16.9 Å². The number of carbonyl (C=O) groups is 1. The van der Waals surface area contributed by atoms with Gasteiger partial charge in [0.25, 0.3) is 5.56 Å². The molecule has 1 aliphatic carbocycles. The van der Waals surface area contributed by atoms with Crippen LogP contribution in [0.4, 0.5) is 22.0 Å². The number of aliphatic hydroxyl groups is 1. The summed E-state index contributed by atoms with van der Waals surface area (Å²) < 4.78 is 66.3. The number of thioether (sulfide) groups is 1. The van der Waals surface area contributed by atoms with Crippen molar-refractivity contribution < 1.29 is 41.7 Å². The monoisotopic (exact) mass is 567 g/mol. The number of alkyl halides is 4.